The third-order valence-electron chi connectivity index (χ3n) is 3.42. The molecule has 0 aromatic carbocycles. The van der Waals surface area contributed by atoms with Gasteiger partial charge in [-0.3, -0.25) is 9.79 Å². The van der Waals surface area contributed by atoms with Crippen LogP contribution in [0, 0.1) is 11.3 Å². The summed E-state index contributed by atoms with van der Waals surface area (Å²) in [5, 5.41) is 9.31. The van der Waals surface area contributed by atoms with Gasteiger partial charge in [0.2, 0.25) is 5.91 Å². The molecule has 0 unspecified atom stereocenters. The van der Waals surface area contributed by atoms with Gasteiger partial charge in [0.05, 0.1) is 0 Å². The van der Waals surface area contributed by atoms with Gasteiger partial charge in [-0.15, -0.1) is 0 Å². The van der Waals surface area contributed by atoms with E-state index in [0.29, 0.717) is 13.1 Å². The SMILES string of the molecule is CN=C(NCCCOCC1CC1)NCCNC(=O)C(C)(C)C. The number of aliphatic imine (C=N–C) groups is 1. The Hall–Kier alpha value is -1.30. The van der Waals surface area contributed by atoms with Gasteiger partial charge in [-0.05, 0) is 25.2 Å². The summed E-state index contributed by atoms with van der Waals surface area (Å²) in [5.74, 6) is 1.64. The number of hydrogen-bond donors (Lipinski definition) is 3. The van der Waals surface area contributed by atoms with E-state index in [9.17, 15) is 4.79 Å². The van der Waals surface area contributed by atoms with Gasteiger partial charge in [-0.2, -0.15) is 0 Å². The maximum Gasteiger partial charge on any atom is 0.225 e. The Kier molecular flexibility index (Phi) is 8.24. The van der Waals surface area contributed by atoms with Gasteiger partial charge in [-0.1, -0.05) is 20.8 Å². The molecule has 6 heteroatoms. The number of nitrogens with zero attached hydrogens (tertiary/aromatic N) is 1. The van der Waals surface area contributed by atoms with Gasteiger partial charge in [-0.25, -0.2) is 0 Å². The molecule has 1 fully saturated rings. The standard InChI is InChI=1S/C16H32N4O2/c1-16(2,3)14(21)18-9-10-20-15(17-4)19-8-5-11-22-12-13-6-7-13/h13H,5-12H2,1-4H3,(H,18,21)(H2,17,19,20). The molecule has 0 spiro atoms. The number of guanidine groups is 1. The molecule has 1 amide bonds. The van der Waals surface area contributed by atoms with Crippen molar-refractivity contribution in [3.8, 4) is 0 Å². The van der Waals surface area contributed by atoms with Crippen LogP contribution in [0.15, 0.2) is 4.99 Å². The lowest BCUT2D eigenvalue weighted by Gasteiger charge is -2.18. The molecule has 1 aliphatic carbocycles. The van der Waals surface area contributed by atoms with E-state index in [1.54, 1.807) is 7.05 Å². The first-order chi connectivity index (χ1) is 10.4. The molecule has 6 nitrogen and oxygen atoms in total. The summed E-state index contributed by atoms with van der Waals surface area (Å²) in [6.45, 7) is 9.49. The molecule has 22 heavy (non-hydrogen) atoms. The van der Waals surface area contributed by atoms with Crippen LogP contribution in [0.3, 0.4) is 0 Å². The molecule has 0 aromatic heterocycles. The summed E-state index contributed by atoms with van der Waals surface area (Å²) < 4.78 is 5.58. The summed E-state index contributed by atoms with van der Waals surface area (Å²) in [4.78, 5) is 15.9. The van der Waals surface area contributed by atoms with E-state index in [4.69, 9.17) is 4.74 Å². The Labute approximate surface area is 134 Å². The van der Waals surface area contributed by atoms with E-state index >= 15 is 0 Å². The summed E-state index contributed by atoms with van der Waals surface area (Å²) in [7, 11) is 1.74. The normalized spacial score (nSPS) is 15.5. The van der Waals surface area contributed by atoms with Crippen LogP contribution in [0.4, 0.5) is 0 Å². The fourth-order valence-electron chi connectivity index (χ4n) is 1.76. The molecular formula is C16H32N4O2. The molecule has 3 N–H and O–H groups in total. The smallest absolute Gasteiger partial charge is 0.225 e. The topological polar surface area (TPSA) is 74.8 Å². The fraction of sp³-hybridized carbons (Fsp3) is 0.875. The van der Waals surface area contributed by atoms with E-state index < -0.39 is 0 Å². The van der Waals surface area contributed by atoms with Gasteiger partial charge >= 0.3 is 0 Å². The van der Waals surface area contributed by atoms with Gasteiger partial charge in [0.25, 0.3) is 0 Å². The van der Waals surface area contributed by atoms with Crippen LogP contribution in [0.5, 0.6) is 0 Å². The quantitative estimate of drug-likeness (QED) is 0.339. The van der Waals surface area contributed by atoms with Crippen LogP contribution in [-0.2, 0) is 9.53 Å². The van der Waals surface area contributed by atoms with Crippen molar-refractivity contribution in [3.05, 3.63) is 0 Å². The van der Waals surface area contributed by atoms with Crippen molar-refractivity contribution in [2.24, 2.45) is 16.3 Å². The van der Waals surface area contributed by atoms with Crippen molar-refractivity contribution < 1.29 is 9.53 Å². The Balaban J connectivity index is 1.98. The highest BCUT2D eigenvalue weighted by Gasteiger charge is 2.21. The zero-order chi connectivity index (χ0) is 16.4. The molecule has 1 rings (SSSR count). The Bertz CT molecular complexity index is 360. The van der Waals surface area contributed by atoms with Crippen molar-refractivity contribution in [2.75, 3.05) is 39.9 Å². The van der Waals surface area contributed by atoms with Gasteiger partial charge in [0, 0.05) is 45.3 Å². The molecule has 0 heterocycles. The van der Waals surface area contributed by atoms with Crippen LogP contribution in [0.1, 0.15) is 40.0 Å². The Morgan fingerprint density at radius 3 is 2.36 bits per heavy atom. The number of amides is 1. The lowest BCUT2D eigenvalue weighted by Crippen LogP contribution is -2.43. The molecule has 128 valence electrons. The van der Waals surface area contributed by atoms with Gasteiger partial charge in [0.15, 0.2) is 5.96 Å². The zero-order valence-corrected chi connectivity index (χ0v) is 14.5. The minimum absolute atomic E-state index is 0.0602. The maximum absolute atomic E-state index is 11.7. The molecule has 0 aliphatic heterocycles. The molecule has 0 saturated heterocycles. The lowest BCUT2D eigenvalue weighted by atomic mass is 9.96. The average molecular weight is 312 g/mol. The first-order valence-corrected chi connectivity index (χ1v) is 8.24. The highest BCUT2D eigenvalue weighted by Crippen LogP contribution is 2.28. The highest BCUT2D eigenvalue weighted by atomic mass is 16.5. The molecular weight excluding hydrogens is 280 g/mol. The Morgan fingerprint density at radius 2 is 1.77 bits per heavy atom. The third kappa shape index (κ3) is 8.87. The fourth-order valence-corrected chi connectivity index (χ4v) is 1.76. The summed E-state index contributed by atoms with van der Waals surface area (Å²) in [5.41, 5.74) is -0.347. The number of carbonyl (C=O) groups excluding carboxylic acids is 1. The average Bonchev–Trinajstić information content (AvgIpc) is 3.27. The molecule has 1 saturated carbocycles. The minimum Gasteiger partial charge on any atom is -0.381 e. The van der Waals surface area contributed by atoms with Crippen molar-refractivity contribution in [3.63, 3.8) is 0 Å². The first-order valence-electron chi connectivity index (χ1n) is 8.24. The lowest BCUT2D eigenvalue weighted by molar-refractivity contribution is -0.128. The predicted octanol–water partition coefficient (Wildman–Crippen LogP) is 1.13. The number of carbonyl (C=O) groups is 1. The first kappa shape index (κ1) is 18.7. The summed E-state index contributed by atoms with van der Waals surface area (Å²) >= 11 is 0. The second-order valence-electron chi connectivity index (χ2n) is 6.80. The molecule has 0 bridgehead atoms. The van der Waals surface area contributed by atoms with Crippen molar-refractivity contribution in [1.82, 2.24) is 16.0 Å². The summed E-state index contributed by atoms with van der Waals surface area (Å²) in [6, 6.07) is 0. The number of nitrogens with one attached hydrogen (secondary N) is 3. The van der Waals surface area contributed by atoms with Gasteiger partial charge in [0.1, 0.15) is 0 Å². The molecule has 1 aliphatic rings. The van der Waals surface area contributed by atoms with E-state index in [-0.39, 0.29) is 11.3 Å². The number of hydrogen-bond acceptors (Lipinski definition) is 3. The van der Waals surface area contributed by atoms with E-state index in [2.05, 4.69) is 20.9 Å². The second-order valence-corrected chi connectivity index (χ2v) is 6.80. The van der Waals surface area contributed by atoms with Crippen LogP contribution in [0.2, 0.25) is 0 Å². The molecule has 0 aromatic rings. The van der Waals surface area contributed by atoms with E-state index in [0.717, 1.165) is 38.1 Å². The van der Waals surface area contributed by atoms with Crippen LogP contribution < -0.4 is 16.0 Å². The predicted molar refractivity (Wildman–Crippen MR) is 90.0 cm³/mol. The van der Waals surface area contributed by atoms with Crippen molar-refractivity contribution >= 4 is 11.9 Å². The largest absolute Gasteiger partial charge is 0.381 e. The van der Waals surface area contributed by atoms with E-state index in [1.807, 2.05) is 20.8 Å². The molecule has 0 radical (unpaired) electrons. The van der Waals surface area contributed by atoms with Crippen LogP contribution >= 0.6 is 0 Å². The third-order valence-corrected chi connectivity index (χ3v) is 3.42. The van der Waals surface area contributed by atoms with Crippen molar-refractivity contribution in [1.29, 1.82) is 0 Å². The maximum atomic E-state index is 11.7. The highest BCUT2D eigenvalue weighted by molar-refractivity contribution is 5.81. The zero-order valence-electron chi connectivity index (χ0n) is 14.5. The number of ether oxygens (including phenoxy) is 1. The monoisotopic (exact) mass is 312 g/mol. The van der Waals surface area contributed by atoms with Crippen molar-refractivity contribution in [2.45, 2.75) is 40.0 Å². The van der Waals surface area contributed by atoms with Gasteiger partial charge < -0.3 is 20.7 Å². The van der Waals surface area contributed by atoms with Crippen LogP contribution in [-0.4, -0.2) is 51.8 Å². The second kappa shape index (κ2) is 9.66. The van der Waals surface area contributed by atoms with Crippen LogP contribution in [0.25, 0.3) is 0 Å². The van der Waals surface area contributed by atoms with E-state index in [1.165, 1.54) is 12.8 Å². The Morgan fingerprint density at radius 1 is 1.14 bits per heavy atom. The minimum atomic E-state index is -0.347. The molecule has 0 atom stereocenters. The number of rotatable bonds is 9. The summed E-state index contributed by atoms with van der Waals surface area (Å²) in [6.07, 6.45) is 3.63.